The number of ether oxygens (including phenoxy) is 2. The normalized spacial score (nSPS) is 36.8. The van der Waals surface area contributed by atoms with Gasteiger partial charge in [0.05, 0.1) is 25.0 Å². The predicted octanol–water partition coefficient (Wildman–Crippen LogP) is 3.52. The van der Waals surface area contributed by atoms with Crippen LogP contribution in [0.3, 0.4) is 0 Å². The van der Waals surface area contributed by atoms with Crippen LogP contribution >= 0.6 is 0 Å². The number of nitrogens with one attached hydrogen (secondary N) is 2. The van der Waals surface area contributed by atoms with Gasteiger partial charge in [0.1, 0.15) is 17.4 Å². The van der Waals surface area contributed by atoms with Crippen molar-refractivity contribution < 1.29 is 23.9 Å². The van der Waals surface area contributed by atoms with Crippen molar-refractivity contribution in [2.24, 2.45) is 23.7 Å². The lowest BCUT2D eigenvalue weighted by Gasteiger charge is -2.39. The molecule has 3 amide bonds. The highest BCUT2D eigenvalue weighted by molar-refractivity contribution is 6.03. The Balaban J connectivity index is 1.43. The first-order valence-electron chi connectivity index (χ1n) is 13.7. The minimum Gasteiger partial charge on any atom is -0.497 e. The fraction of sp³-hybridized carbons (Fsp3) is 0.621. The highest BCUT2D eigenvalue weighted by Crippen LogP contribution is 2.56. The van der Waals surface area contributed by atoms with E-state index in [1.54, 1.807) is 36.3 Å². The summed E-state index contributed by atoms with van der Waals surface area (Å²) in [7, 11) is 1.59. The SMILES string of the molecule is CCC(C)N1C(=O)[C@H]2C(C(=O)Nc3ccc(OC)cc3)[C@H]3C=CC2(O3)C1C(=O)NC1CCCC(C)C1C. The third kappa shape index (κ3) is 4.13. The molecule has 0 radical (unpaired) electrons. The second-order valence-corrected chi connectivity index (χ2v) is 11.3. The van der Waals surface area contributed by atoms with Crippen LogP contribution in [0.5, 0.6) is 5.75 Å². The van der Waals surface area contributed by atoms with Crippen molar-refractivity contribution in [1.82, 2.24) is 10.2 Å². The Morgan fingerprint density at radius 3 is 2.59 bits per heavy atom. The molecule has 8 nitrogen and oxygen atoms in total. The van der Waals surface area contributed by atoms with Crippen LogP contribution in [0.2, 0.25) is 0 Å². The number of carbonyl (C=O) groups is 3. The van der Waals surface area contributed by atoms with E-state index in [9.17, 15) is 14.4 Å². The molecule has 2 N–H and O–H groups in total. The Bertz CT molecular complexity index is 1090. The zero-order valence-electron chi connectivity index (χ0n) is 22.4. The number of hydrogen-bond donors (Lipinski definition) is 2. The lowest BCUT2D eigenvalue weighted by atomic mass is 9.73. The molecule has 1 saturated carbocycles. The Kier molecular flexibility index (Phi) is 6.81. The van der Waals surface area contributed by atoms with Crippen LogP contribution in [0.4, 0.5) is 5.69 Å². The molecule has 1 aromatic carbocycles. The fourth-order valence-electron chi connectivity index (χ4n) is 6.82. The van der Waals surface area contributed by atoms with Crippen molar-refractivity contribution in [3.63, 3.8) is 0 Å². The van der Waals surface area contributed by atoms with Crippen molar-refractivity contribution in [3.8, 4) is 5.75 Å². The zero-order chi connectivity index (χ0) is 26.5. The van der Waals surface area contributed by atoms with Gasteiger partial charge in [-0.2, -0.15) is 0 Å². The maximum absolute atomic E-state index is 14.0. The van der Waals surface area contributed by atoms with E-state index < -0.39 is 29.6 Å². The van der Waals surface area contributed by atoms with Crippen molar-refractivity contribution in [1.29, 1.82) is 0 Å². The van der Waals surface area contributed by atoms with Gasteiger partial charge in [-0.1, -0.05) is 45.8 Å². The van der Waals surface area contributed by atoms with E-state index in [0.29, 0.717) is 29.7 Å². The molecule has 3 aliphatic heterocycles. The molecule has 4 aliphatic rings. The van der Waals surface area contributed by atoms with Crippen LogP contribution in [0.15, 0.2) is 36.4 Å². The van der Waals surface area contributed by atoms with E-state index >= 15 is 0 Å². The average Bonchev–Trinajstić information content (AvgIpc) is 3.54. The third-order valence-corrected chi connectivity index (χ3v) is 9.32. The summed E-state index contributed by atoms with van der Waals surface area (Å²) in [6.45, 7) is 8.40. The van der Waals surface area contributed by atoms with Crippen molar-refractivity contribution >= 4 is 23.4 Å². The maximum Gasteiger partial charge on any atom is 0.246 e. The number of hydrogen-bond acceptors (Lipinski definition) is 5. The number of amides is 3. The molecule has 7 unspecified atom stereocenters. The molecule has 2 bridgehead atoms. The summed E-state index contributed by atoms with van der Waals surface area (Å²) < 4.78 is 11.6. The van der Waals surface area contributed by atoms with Gasteiger partial charge in [0.25, 0.3) is 0 Å². The Morgan fingerprint density at radius 1 is 1.19 bits per heavy atom. The topological polar surface area (TPSA) is 97.0 Å². The number of fused-ring (bicyclic) bond motifs is 1. The van der Waals surface area contributed by atoms with E-state index in [1.807, 2.05) is 26.0 Å². The quantitative estimate of drug-likeness (QED) is 0.548. The average molecular weight is 510 g/mol. The number of methoxy groups -OCH3 is 1. The van der Waals surface area contributed by atoms with Crippen LogP contribution in [0.1, 0.15) is 53.4 Å². The number of likely N-dealkylation sites (tertiary alicyclic amines) is 1. The molecule has 1 spiro atoms. The molecule has 9 atom stereocenters. The van der Waals surface area contributed by atoms with Gasteiger partial charge in [-0.15, -0.1) is 0 Å². The zero-order valence-corrected chi connectivity index (χ0v) is 22.4. The van der Waals surface area contributed by atoms with E-state index in [2.05, 4.69) is 24.5 Å². The number of rotatable bonds is 7. The van der Waals surface area contributed by atoms with Gasteiger partial charge in [-0.3, -0.25) is 14.4 Å². The van der Waals surface area contributed by atoms with Crippen LogP contribution in [0.25, 0.3) is 0 Å². The van der Waals surface area contributed by atoms with Crippen molar-refractivity contribution in [3.05, 3.63) is 36.4 Å². The highest BCUT2D eigenvalue weighted by Gasteiger charge is 2.73. The second-order valence-electron chi connectivity index (χ2n) is 11.3. The van der Waals surface area contributed by atoms with E-state index in [0.717, 1.165) is 12.8 Å². The van der Waals surface area contributed by atoms with Crippen LogP contribution in [-0.4, -0.2) is 59.6 Å². The van der Waals surface area contributed by atoms with Crippen molar-refractivity contribution in [2.45, 2.75) is 83.2 Å². The first-order chi connectivity index (χ1) is 17.7. The van der Waals surface area contributed by atoms with Gasteiger partial charge < -0.3 is 25.0 Å². The smallest absolute Gasteiger partial charge is 0.246 e. The predicted molar refractivity (Wildman–Crippen MR) is 140 cm³/mol. The molecule has 3 heterocycles. The summed E-state index contributed by atoms with van der Waals surface area (Å²) in [6, 6.07) is 6.18. The van der Waals surface area contributed by atoms with Crippen LogP contribution in [0, 0.1) is 23.7 Å². The molecule has 3 fully saturated rings. The summed E-state index contributed by atoms with van der Waals surface area (Å²) in [6.07, 6.45) is 7.06. The summed E-state index contributed by atoms with van der Waals surface area (Å²) in [5.74, 6) is -0.506. The van der Waals surface area contributed by atoms with E-state index in [1.165, 1.54) is 6.42 Å². The van der Waals surface area contributed by atoms with Crippen molar-refractivity contribution in [2.75, 3.05) is 12.4 Å². The molecular weight excluding hydrogens is 470 g/mol. The molecule has 200 valence electrons. The van der Waals surface area contributed by atoms with Gasteiger partial charge in [0.2, 0.25) is 17.7 Å². The van der Waals surface area contributed by atoms with Gasteiger partial charge in [0.15, 0.2) is 0 Å². The molecule has 2 saturated heterocycles. The number of anilines is 1. The Hall–Kier alpha value is -2.87. The van der Waals surface area contributed by atoms with Gasteiger partial charge in [-0.25, -0.2) is 0 Å². The van der Waals surface area contributed by atoms with Gasteiger partial charge in [-0.05, 0) is 55.9 Å². The van der Waals surface area contributed by atoms with E-state index in [4.69, 9.17) is 9.47 Å². The largest absolute Gasteiger partial charge is 0.497 e. The molecule has 8 heteroatoms. The first kappa shape index (κ1) is 25.8. The maximum atomic E-state index is 14.0. The molecule has 5 rings (SSSR count). The summed E-state index contributed by atoms with van der Waals surface area (Å²) in [5, 5.41) is 6.24. The number of benzene rings is 1. The monoisotopic (exact) mass is 509 g/mol. The second kappa shape index (κ2) is 9.78. The number of nitrogens with zero attached hydrogens (tertiary/aromatic N) is 1. The lowest BCUT2D eigenvalue weighted by molar-refractivity contribution is -0.144. The standard InChI is InChI=1S/C29H39N3O5/c1-6-17(3)32-25(27(34)31-21-9-7-8-16(2)18(21)4)29-15-14-22(37-29)23(24(29)28(32)35)26(33)30-19-10-12-20(36-5)13-11-19/h10-18,21-25H,6-9H2,1-5H3,(H,30,33)(H,31,34)/t16?,17?,18?,21?,22-,23?,24-,25?,29?/m1/s1. The lowest BCUT2D eigenvalue weighted by Crippen LogP contribution is -2.59. The van der Waals surface area contributed by atoms with Crippen LogP contribution < -0.4 is 15.4 Å². The summed E-state index contributed by atoms with van der Waals surface area (Å²) in [5.41, 5.74) is -0.522. The fourth-order valence-corrected chi connectivity index (χ4v) is 6.82. The molecule has 0 aromatic heterocycles. The summed E-state index contributed by atoms with van der Waals surface area (Å²) >= 11 is 0. The van der Waals surface area contributed by atoms with E-state index in [-0.39, 0.29) is 29.8 Å². The van der Waals surface area contributed by atoms with Crippen LogP contribution in [-0.2, 0) is 19.1 Å². The molecule has 1 aliphatic carbocycles. The van der Waals surface area contributed by atoms with Gasteiger partial charge in [0, 0.05) is 17.8 Å². The van der Waals surface area contributed by atoms with Gasteiger partial charge >= 0.3 is 0 Å². The number of carbonyl (C=O) groups excluding carboxylic acids is 3. The Labute approximate surface area is 219 Å². The minimum atomic E-state index is -1.14. The minimum absolute atomic E-state index is 0.0670. The summed E-state index contributed by atoms with van der Waals surface area (Å²) in [4.78, 5) is 43.2. The molecule has 1 aromatic rings. The highest BCUT2D eigenvalue weighted by atomic mass is 16.5. The Morgan fingerprint density at radius 2 is 1.92 bits per heavy atom. The molecule has 37 heavy (non-hydrogen) atoms. The first-order valence-corrected chi connectivity index (χ1v) is 13.7. The third-order valence-electron chi connectivity index (χ3n) is 9.32. The molecular formula is C29H39N3O5.